The molecule has 6 heteroatoms. The summed E-state index contributed by atoms with van der Waals surface area (Å²) in [5, 5.41) is 14.7. The third-order valence-corrected chi connectivity index (χ3v) is 6.92. The van der Waals surface area contributed by atoms with Crippen LogP contribution in [0.1, 0.15) is 22.3 Å². The second-order valence-electron chi connectivity index (χ2n) is 9.36. The van der Waals surface area contributed by atoms with Crippen molar-refractivity contribution in [1.29, 1.82) is 0 Å². The first-order chi connectivity index (χ1) is 19.1. The van der Waals surface area contributed by atoms with Crippen LogP contribution in [0.3, 0.4) is 0 Å². The van der Waals surface area contributed by atoms with Crippen molar-refractivity contribution in [1.82, 2.24) is 14.8 Å². The zero-order valence-electron chi connectivity index (χ0n) is 20.9. The molecule has 0 unspecified atom stereocenters. The van der Waals surface area contributed by atoms with E-state index in [2.05, 4.69) is 41.4 Å². The van der Waals surface area contributed by atoms with Gasteiger partial charge in [0.1, 0.15) is 22.6 Å². The van der Waals surface area contributed by atoms with Gasteiger partial charge in [-0.05, 0) is 40.5 Å². The standard InChI is InChI=1S/C33H24FN3O2/c34-28-18-10-11-24(21-28)31-32-29(19-23(22-35-32)20-30(38)39)37(36-31)33(25-12-4-1-5-13-25,26-14-6-2-7-15-26)27-16-8-3-9-17-27/h1-19,21-22H,20H2,(H,38,39). The van der Waals surface area contributed by atoms with Crippen molar-refractivity contribution in [2.75, 3.05) is 0 Å². The number of carboxylic acids is 1. The predicted molar refractivity (Wildman–Crippen MR) is 149 cm³/mol. The molecule has 2 heterocycles. The van der Waals surface area contributed by atoms with E-state index < -0.39 is 11.5 Å². The molecular weight excluding hydrogens is 489 g/mol. The molecule has 0 aliphatic heterocycles. The summed E-state index contributed by atoms with van der Waals surface area (Å²) in [7, 11) is 0. The molecule has 5 nitrogen and oxygen atoms in total. The van der Waals surface area contributed by atoms with Crippen molar-refractivity contribution in [3.8, 4) is 11.3 Å². The fourth-order valence-electron chi connectivity index (χ4n) is 5.30. The average Bonchev–Trinajstić information content (AvgIpc) is 3.34. The molecule has 0 radical (unpaired) electrons. The van der Waals surface area contributed by atoms with E-state index in [0.717, 1.165) is 16.7 Å². The van der Waals surface area contributed by atoms with Crippen molar-refractivity contribution in [2.45, 2.75) is 12.0 Å². The Labute approximate surface area is 224 Å². The van der Waals surface area contributed by atoms with E-state index >= 15 is 0 Å². The summed E-state index contributed by atoms with van der Waals surface area (Å²) in [4.78, 5) is 16.3. The summed E-state index contributed by atoms with van der Waals surface area (Å²) in [6.45, 7) is 0. The van der Waals surface area contributed by atoms with E-state index in [1.807, 2.05) is 65.3 Å². The maximum absolute atomic E-state index is 14.4. The lowest BCUT2D eigenvalue weighted by Gasteiger charge is -2.37. The predicted octanol–water partition coefficient (Wildman–Crippen LogP) is 6.70. The van der Waals surface area contributed by atoms with Gasteiger partial charge in [0.05, 0.1) is 11.9 Å². The molecule has 6 rings (SSSR count). The normalized spacial score (nSPS) is 11.5. The zero-order valence-corrected chi connectivity index (χ0v) is 20.9. The van der Waals surface area contributed by atoms with Crippen molar-refractivity contribution >= 4 is 17.0 Å². The number of rotatable bonds is 7. The number of halogens is 1. The molecule has 0 aliphatic rings. The van der Waals surface area contributed by atoms with Gasteiger partial charge in [-0.2, -0.15) is 5.10 Å². The first-order valence-electron chi connectivity index (χ1n) is 12.6. The highest BCUT2D eigenvalue weighted by Gasteiger charge is 2.41. The number of hydrogen-bond acceptors (Lipinski definition) is 3. The maximum atomic E-state index is 14.4. The average molecular weight is 514 g/mol. The fraction of sp³-hybridized carbons (Fsp3) is 0.0606. The maximum Gasteiger partial charge on any atom is 0.307 e. The van der Waals surface area contributed by atoms with Gasteiger partial charge in [0.25, 0.3) is 0 Å². The molecule has 0 saturated carbocycles. The van der Waals surface area contributed by atoms with Crippen LogP contribution in [-0.4, -0.2) is 25.8 Å². The van der Waals surface area contributed by atoms with E-state index in [9.17, 15) is 14.3 Å². The number of aliphatic carboxylic acids is 1. The molecule has 0 atom stereocenters. The summed E-state index contributed by atoms with van der Waals surface area (Å²) < 4.78 is 16.3. The molecule has 0 fully saturated rings. The lowest BCUT2D eigenvalue weighted by molar-refractivity contribution is -0.136. The van der Waals surface area contributed by atoms with Crippen molar-refractivity contribution in [3.63, 3.8) is 0 Å². The largest absolute Gasteiger partial charge is 0.481 e. The van der Waals surface area contributed by atoms with Gasteiger partial charge in [-0.15, -0.1) is 0 Å². The Hall–Kier alpha value is -5.10. The Morgan fingerprint density at radius 2 is 1.33 bits per heavy atom. The van der Waals surface area contributed by atoms with Crippen LogP contribution in [0.4, 0.5) is 4.39 Å². The number of fused-ring (bicyclic) bond motifs is 1. The highest BCUT2D eigenvalue weighted by Crippen LogP contribution is 2.43. The number of hydrogen-bond donors (Lipinski definition) is 1. The van der Waals surface area contributed by atoms with E-state index in [4.69, 9.17) is 5.10 Å². The Morgan fingerprint density at radius 1 is 0.769 bits per heavy atom. The third kappa shape index (κ3) is 4.26. The Morgan fingerprint density at radius 3 is 1.85 bits per heavy atom. The van der Waals surface area contributed by atoms with E-state index in [1.165, 1.54) is 12.1 Å². The zero-order chi connectivity index (χ0) is 26.8. The fourth-order valence-corrected chi connectivity index (χ4v) is 5.30. The summed E-state index contributed by atoms with van der Waals surface area (Å²) in [6, 6.07) is 38.3. The smallest absolute Gasteiger partial charge is 0.307 e. The van der Waals surface area contributed by atoms with Gasteiger partial charge in [0, 0.05) is 11.8 Å². The van der Waals surface area contributed by atoms with Gasteiger partial charge in [-0.1, -0.05) is 103 Å². The number of carboxylic acid groups (broad SMARTS) is 1. The van der Waals surface area contributed by atoms with Crippen LogP contribution in [0, 0.1) is 5.82 Å². The molecule has 0 saturated heterocycles. The number of nitrogens with zero attached hydrogens (tertiary/aromatic N) is 3. The number of benzene rings is 4. The molecule has 4 aromatic carbocycles. The summed E-state index contributed by atoms with van der Waals surface area (Å²) in [5.74, 6) is -1.33. The molecule has 2 aromatic heterocycles. The van der Waals surface area contributed by atoms with Gasteiger partial charge in [0.15, 0.2) is 0 Å². The van der Waals surface area contributed by atoms with E-state index in [1.54, 1.807) is 18.3 Å². The molecular formula is C33H24FN3O2. The number of aromatic nitrogens is 3. The monoisotopic (exact) mass is 513 g/mol. The number of pyridine rings is 1. The van der Waals surface area contributed by atoms with Gasteiger partial charge in [-0.25, -0.2) is 9.07 Å². The van der Waals surface area contributed by atoms with Crippen molar-refractivity contribution < 1.29 is 14.3 Å². The molecule has 0 aliphatic carbocycles. The van der Waals surface area contributed by atoms with Crippen LogP contribution in [0.15, 0.2) is 128 Å². The van der Waals surface area contributed by atoms with Gasteiger partial charge in [-0.3, -0.25) is 9.78 Å². The van der Waals surface area contributed by atoms with Crippen LogP contribution in [0.2, 0.25) is 0 Å². The SMILES string of the molecule is O=C(O)Cc1cnc2c(-c3cccc(F)c3)nn(C(c3ccccc3)(c3ccccc3)c3ccccc3)c2c1. The van der Waals surface area contributed by atoms with Crippen LogP contribution in [0.25, 0.3) is 22.3 Å². The minimum atomic E-state index is -0.951. The van der Waals surface area contributed by atoms with E-state index in [-0.39, 0.29) is 12.2 Å². The lowest BCUT2D eigenvalue weighted by Crippen LogP contribution is -2.38. The minimum Gasteiger partial charge on any atom is -0.481 e. The van der Waals surface area contributed by atoms with Gasteiger partial charge >= 0.3 is 5.97 Å². The van der Waals surface area contributed by atoms with Gasteiger partial charge < -0.3 is 5.11 Å². The Kier molecular flexibility index (Phi) is 6.21. The van der Waals surface area contributed by atoms with E-state index in [0.29, 0.717) is 27.9 Å². The molecule has 39 heavy (non-hydrogen) atoms. The van der Waals surface area contributed by atoms with Gasteiger partial charge in [0.2, 0.25) is 0 Å². The second kappa shape index (κ2) is 9.99. The van der Waals surface area contributed by atoms with Crippen LogP contribution >= 0.6 is 0 Å². The second-order valence-corrected chi connectivity index (χ2v) is 9.36. The Bertz CT molecular complexity index is 1670. The summed E-state index contributed by atoms with van der Waals surface area (Å²) in [6.07, 6.45) is 1.37. The van der Waals surface area contributed by atoms with Crippen molar-refractivity contribution in [3.05, 3.63) is 156 Å². The minimum absolute atomic E-state index is 0.182. The van der Waals surface area contributed by atoms with Crippen LogP contribution < -0.4 is 0 Å². The molecule has 0 amide bonds. The first-order valence-corrected chi connectivity index (χ1v) is 12.6. The summed E-state index contributed by atoms with van der Waals surface area (Å²) in [5.41, 5.74) is 4.77. The molecule has 0 spiro atoms. The number of carbonyl (C=O) groups is 1. The molecule has 190 valence electrons. The summed E-state index contributed by atoms with van der Waals surface area (Å²) >= 11 is 0. The molecule has 6 aromatic rings. The van der Waals surface area contributed by atoms with Crippen LogP contribution in [-0.2, 0) is 16.8 Å². The van der Waals surface area contributed by atoms with Crippen molar-refractivity contribution in [2.24, 2.45) is 0 Å². The quantitative estimate of drug-likeness (QED) is 0.241. The molecule has 0 bridgehead atoms. The first kappa shape index (κ1) is 24.2. The topological polar surface area (TPSA) is 68.0 Å². The van der Waals surface area contributed by atoms with Crippen LogP contribution in [0.5, 0.6) is 0 Å². The third-order valence-electron chi connectivity index (χ3n) is 6.92. The highest BCUT2D eigenvalue weighted by molar-refractivity contribution is 5.91. The highest BCUT2D eigenvalue weighted by atomic mass is 19.1. The lowest BCUT2D eigenvalue weighted by atomic mass is 9.77. The molecule has 1 N–H and O–H groups in total. The Balaban J connectivity index is 1.79.